The van der Waals surface area contributed by atoms with Gasteiger partial charge in [0, 0.05) is 24.7 Å². The first-order valence-corrected chi connectivity index (χ1v) is 10.8. The number of hydrogen-bond acceptors (Lipinski definition) is 2. The fraction of sp³-hybridized carbons (Fsp3) is 0.458. The van der Waals surface area contributed by atoms with Crippen molar-refractivity contribution < 1.29 is 0 Å². The summed E-state index contributed by atoms with van der Waals surface area (Å²) in [7, 11) is 0. The van der Waals surface area contributed by atoms with Crippen LogP contribution in [0.3, 0.4) is 0 Å². The molecule has 2 aromatic rings. The highest BCUT2D eigenvalue weighted by atomic mass is 32.1. The van der Waals surface area contributed by atoms with Crippen molar-refractivity contribution in [3.8, 4) is 11.1 Å². The standard InChI is InChI=1S/C24H32N2S/c1-4-14-25(15-5-2)23-17-24(27)26(18-23)22-9-7-8-21(16-22)20-12-10-19(6-3)11-13-20/h7-13,16,23H,4-6,14-15,17-18H2,1-3H3. The summed E-state index contributed by atoms with van der Waals surface area (Å²) in [6.45, 7) is 10.1. The van der Waals surface area contributed by atoms with Crippen molar-refractivity contribution in [2.24, 2.45) is 0 Å². The maximum atomic E-state index is 5.78. The van der Waals surface area contributed by atoms with Crippen LogP contribution < -0.4 is 4.90 Å². The third kappa shape index (κ3) is 4.77. The van der Waals surface area contributed by atoms with Crippen LogP contribution in [0.15, 0.2) is 48.5 Å². The maximum absolute atomic E-state index is 5.78. The minimum absolute atomic E-state index is 0.546. The lowest BCUT2D eigenvalue weighted by Crippen LogP contribution is -2.38. The molecule has 27 heavy (non-hydrogen) atoms. The highest BCUT2D eigenvalue weighted by Gasteiger charge is 2.31. The molecular weight excluding hydrogens is 348 g/mol. The van der Waals surface area contributed by atoms with E-state index in [0.717, 1.165) is 24.4 Å². The van der Waals surface area contributed by atoms with Gasteiger partial charge in [0.05, 0.1) is 4.99 Å². The number of aryl methyl sites for hydroxylation is 1. The van der Waals surface area contributed by atoms with Gasteiger partial charge in [0.2, 0.25) is 0 Å². The highest BCUT2D eigenvalue weighted by Crippen LogP contribution is 2.30. The fourth-order valence-electron chi connectivity index (χ4n) is 4.02. The molecule has 1 aliphatic rings. The molecular formula is C24H32N2S. The Labute approximate surface area is 170 Å². The number of thiocarbonyl (C=S) groups is 1. The van der Waals surface area contributed by atoms with Gasteiger partial charge in [-0.3, -0.25) is 4.90 Å². The summed E-state index contributed by atoms with van der Waals surface area (Å²) in [4.78, 5) is 6.05. The molecule has 144 valence electrons. The predicted molar refractivity (Wildman–Crippen MR) is 122 cm³/mol. The lowest BCUT2D eigenvalue weighted by molar-refractivity contribution is 0.213. The summed E-state index contributed by atoms with van der Waals surface area (Å²) in [6, 6.07) is 18.3. The average molecular weight is 381 g/mol. The second-order valence-electron chi connectivity index (χ2n) is 7.50. The Morgan fingerprint density at radius 3 is 2.30 bits per heavy atom. The molecule has 1 saturated heterocycles. The van der Waals surface area contributed by atoms with E-state index in [2.05, 4.69) is 79.1 Å². The number of rotatable bonds is 8. The van der Waals surface area contributed by atoms with E-state index in [0.29, 0.717) is 6.04 Å². The third-order valence-corrected chi connectivity index (χ3v) is 5.88. The number of hydrogen-bond donors (Lipinski definition) is 0. The molecule has 1 atom stereocenters. The molecule has 1 heterocycles. The molecule has 1 aliphatic heterocycles. The van der Waals surface area contributed by atoms with Crippen molar-refractivity contribution in [3.63, 3.8) is 0 Å². The van der Waals surface area contributed by atoms with Gasteiger partial charge in [-0.05, 0) is 61.2 Å². The molecule has 2 nitrogen and oxygen atoms in total. The fourth-order valence-corrected chi connectivity index (χ4v) is 4.39. The molecule has 0 bridgehead atoms. The van der Waals surface area contributed by atoms with E-state index in [1.807, 2.05) is 0 Å². The Morgan fingerprint density at radius 1 is 0.963 bits per heavy atom. The summed E-state index contributed by atoms with van der Waals surface area (Å²) < 4.78 is 0. The summed E-state index contributed by atoms with van der Waals surface area (Å²) >= 11 is 5.78. The van der Waals surface area contributed by atoms with Gasteiger partial charge in [0.25, 0.3) is 0 Å². The van der Waals surface area contributed by atoms with Crippen molar-refractivity contribution in [3.05, 3.63) is 54.1 Å². The molecule has 3 rings (SSSR count). The predicted octanol–water partition coefficient (Wildman–Crippen LogP) is 5.94. The monoisotopic (exact) mass is 380 g/mol. The summed E-state index contributed by atoms with van der Waals surface area (Å²) in [5.74, 6) is 0. The van der Waals surface area contributed by atoms with E-state index in [1.165, 1.54) is 48.3 Å². The normalized spacial score (nSPS) is 17.1. The Hall–Kier alpha value is -1.71. The van der Waals surface area contributed by atoms with E-state index in [-0.39, 0.29) is 0 Å². The molecule has 1 unspecified atom stereocenters. The van der Waals surface area contributed by atoms with Gasteiger partial charge in [-0.15, -0.1) is 0 Å². The van der Waals surface area contributed by atoms with E-state index < -0.39 is 0 Å². The second-order valence-corrected chi connectivity index (χ2v) is 7.97. The van der Waals surface area contributed by atoms with Crippen molar-refractivity contribution in [1.82, 2.24) is 4.90 Å². The Morgan fingerprint density at radius 2 is 1.67 bits per heavy atom. The molecule has 0 amide bonds. The molecule has 0 radical (unpaired) electrons. The number of anilines is 1. The zero-order valence-electron chi connectivity index (χ0n) is 16.9. The van der Waals surface area contributed by atoms with Crippen LogP contribution in [-0.4, -0.2) is 35.6 Å². The Bertz CT molecular complexity index is 747. The highest BCUT2D eigenvalue weighted by molar-refractivity contribution is 7.80. The van der Waals surface area contributed by atoms with Gasteiger partial charge in [0.1, 0.15) is 0 Å². The number of nitrogens with zero attached hydrogens (tertiary/aromatic N) is 2. The van der Waals surface area contributed by atoms with Crippen LogP contribution in [0, 0.1) is 0 Å². The third-order valence-electron chi connectivity index (χ3n) is 5.50. The summed E-state index contributed by atoms with van der Waals surface area (Å²) in [5, 5.41) is 0. The summed E-state index contributed by atoms with van der Waals surface area (Å²) in [5.41, 5.74) is 5.15. The van der Waals surface area contributed by atoms with Crippen LogP contribution in [0.4, 0.5) is 5.69 Å². The van der Waals surface area contributed by atoms with Gasteiger partial charge < -0.3 is 4.90 Å². The van der Waals surface area contributed by atoms with Gasteiger partial charge in [-0.1, -0.05) is 69.4 Å². The molecule has 0 saturated carbocycles. The lowest BCUT2D eigenvalue weighted by Gasteiger charge is -2.28. The van der Waals surface area contributed by atoms with Crippen molar-refractivity contribution in [1.29, 1.82) is 0 Å². The molecule has 3 heteroatoms. The van der Waals surface area contributed by atoms with Gasteiger partial charge in [-0.25, -0.2) is 0 Å². The largest absolute Gasteiger partial charge is 0.334 e. The zero-order chi connectivity index (χ0) is 19.2. The topological polar surface area (TPSA) is 6.48 Å². The van der Waals surface area contributed by atoms with E-state index >= 15 is 0 Å². The van der Waals surface area contributed by atoms with E-state index in [4.69, 9.17) is 12.2 Å². The Balaban J connectivity index is 1.78. The van der Waals surface area contributed by atoms with E-state index in [9.17, 15) is 0 Å². The molecule has 0 N–H and O–H groups in total. The smallest absolute Gasteiger partial charge is 0.0840 e. The van der Waals surface area contributed by atoms with Crippen LogP contribution in [0.1, 0.15) is 45.6 Å². The molecule has 0 spiro atoms. The van der Waals surface area contributed by atoms with Crippen LogP contribution in [0.5, 0.6) is 0 Å². The minimum Gasteiger partial charge on any atom is -0.334 e. The van der Waals surface area contributed by atoms with Crippen molar-refractivity contribution in [2.75, 3.05) is 24.5 Å². The first-order chi connectivity index (χ1) is 13.2. The second kappa shape index (κ2) is 9.48. The number of benzene rings is 2. The quantitative estimate of drug-likeness (QED) is 0.523. The first-order valence-electron chi connectivity index (χ1n) is 10.4. The van der Waals surface area contributed by atoms with Crippen LogP contribution in [0.2, 0.25) is 0 Å². The van der Waals surface area contributed by atoms with Crippen LogP contribution in [-0.2, 0) is 6.42 Å². The lowest BCUT2D eigenvalue weighted by atomic mass is 10.0. The summed E-state index contributed by atoms with van der Waals surface area (Å²) in [6.07, 6.45) is 4.49. The van der Waals surface area contributed by atoms with Crippen LogP contribution in [0.25, 0.3) is 11.1 Å². The Kier molecular flexibility index (Phi) is 7.03. The van der Waals surface area contributed by atoms with Crippen molar-refractivity contribution in [2.45, 2.75) is 52.5 Å². The van der Waals surface area contributed by atoms with Crippen LogP contribution >= 0.6 is 12.2 Å². The van der Waals surface area contributed by atoms with Gasteiger partial charge in [0.15, 0.2) is 0 Å². The zero-order valence-corrected chi connectivity index (χ0v) is 17.8. The van der Waals surface area contributed by atoms with E-state index in [1.54, 1.807) is 0 Å². The first kappa shape index (κ1) is 20.0. The van der Waals surface area contributed by atoms with Gasteiger partial charge in [-0.2, -0.15) is 0 Å². The molecule has 1 fully saturated rings. The average Bonchev–Trinajstić information content (AvgIpc) is 3.09. The maximum Gasteiger partial charge on any atom is 0.0840 e. The minimum atomic E-state index is 0.546. The van der Waals surface area contributed by atoms with Crippen molar-refractivity contribution >= 4 is 22.9 Å². The SMILES string of the molecule is CCCN(CCC)C1CC(=S)N(c2cccc(-c3ccc(CC)cc3)c2)C1. The van der Waals surface area contributed by atoms with Gasteiger partial charge >= 0.3 is 0 Å². The molecule has 0 aliphatic carbocycles. The molecule has 0 aromatic heterocycles. The molecule has 2 aromatic carbocycles.